The van der Waals surface area contributed by atoms with Gasteiger partial charge in [-0.3, -0.25) is 14.2 Å². The zero-order valence-corrected chi connectivity index (χ0v) is 15.2. The highest BCUT2D eigenvalue weighted by Gasteiger charge is 2.16. The fraction of sp³-hybridized carbons (Fsp3) is 0.238. The van der Waals surface area contributed by atoms with Crippen LogP contribution in [0.5, 0.6) is 5.75 Å². The van der Waals surface area contributed by atoms with E-state index in [1.54, 1.807) is 11.7 Å². The van der Waals surface area contributed by atoms with E-state index >= 15 is 0 Å². The Morgan fingerprint density at radius 2 is 1.85 bits per heavy atom. The lowest BCUT2D eigenvalue weighted by molar-refractivity contribution is -0.118. The highest BCUT2D eigenvalue weighted by atomic mass is 16.5. The number of aromatic nitrogens is 1. The first-order chi connectivity index (χ1) is 12.5. The van der Waals surface area contributed by atoms with Crippen LogP contribution in [0, 0.1) is 6.92 Å². The molecule has 0 aliphatic carbocycles. The second-order valence-electron chi connectivity index (χ2n) is 6.31. The van der Waals surface area contributed by atoms with Crippen molar-refractivity contribution in [2.45, 2.75) is 20.3 Å². The van der Waals surface area contributed by atoms with E-state index in [0.29, 0.717) is 18.5 Å². The third kappa shape index (κ3) is 3.61. The predicted molar refractivity (Wildman–Crippen MR) is 102 cm³/mol. The molecule has 0 atom stereocenters. The third-order valence-electron chi connectivity index (χ3n) is 4.38. The van der Waals surface area contributed by atoms with Crippen molar-refractivity contribution in [1.29, 1.82) is 0 Å². The number of aryl methyl sites for hydroxylation is 1. The maximum Gasteiger partial charge on any atom is 0.262 e. The number of carbonyl (C=O) groups excluding carboxylic acids is 2. The van der Waals surface area contributed by atoms with Gasteiger partial charge in [-0.15, -0.1) is 0 Å². The molecule has 0 bridgehead atoms. The summed E-state index contributed by atoms with van der Waals surface area (Å²) in [5.74, 6) is 0.590. The smallest absolute Gasteiger partial charge is 0.262 e. The molecule has 1 aromatic heterocycles. The van der Waals surface area contributed by atoms with Gasteiger partial charge in [0.15, 0.2) is 0 Å². The van der Waals surface area contributed by atoms with Crippen LogP contribution >= 0.6 is 0 Å². The zero-order chi connectivity index (χ0) is 18.7. The number of carbonyl (C=O) groups is 2. The van der Waals surface area contributed by atoms with Crippen LogP contribution in [0.15, 0.2) is 48.7 Å². The topological polar surface area (TPSA) is 60.3 Å². The van der Waals surface area contributed by atoms with E-state index in [1.165, 1.54) is 6.92 Å². The van der Waals surface area contributed by atoms with E-state index in [4.69, 9.17) is 4.74 Å². The number of nitrogens with zero attached hydrogens (tertiary/aromatic N) is 1. The molecule has 0 aliphatic rings. The summed E-state index contributed by atoms with van der Waals surface area (Å²) in [5, 5.41) is 3.75. The summed E-state index contributed by atoms with van der Waals surface area (Å²) in [4.78, 5) is 24.1. The molecular formula is C21H22N2O3. The van der Waals surface area contributed by atoms with Gasteiger partial charge in [0.1, 0.15) is 5.75 Å². The van der Waals surface area contributed by atoms with E-state index in [0.717, 1.165) is 27.8 Å². The molecule has 3 rings (SSSR count). The molecule has 134 valence electrons. The number of hydrogen-bond donors (Lipinski definition) is 1. The average molecular weight is 350 g/mol. The van der Waals surface area contributed by atoms with Crippen LogP contribution in [-0.4, -0.2) is 30.0 Å². The van der Waals surface area contributed by atoms with E-state index in [9.17, 15) is 9.59 Å². The van der Waals surface area contributed by atoms with Crippen molar-refractivity contribution in [3.05, 3.63) is 65.4 Å². The molecule has 5 nitrogen and oxygen atoms in total. The van der Waals surface area contributed by atoms with E-state index in [-0.39, 0.29) is 11.8 Å². The molecule has 0 radical (unpaired) electrons. The molecule has 0 spiro atoms. The van der Waals surface area contributed by atoms with E-state index in [1.807, 2.05) is 55.6 Å². The SMILES string of the molecule is COc1ccc2c(c1)c(CCNC(C)=O)cn2C(=O)c1ccc(C)cc1. The number of hydrogen-bond acceptors (Lipinski definition) is 3. The fourth-order valence-electron chi connectivity index (χ4n) is 2.98. The summed E-state index contributed by atoms with van der Waals surface area (Å²) in [5.41, 5.74) is 3.57. The second kappa shape index (κ2) is 7.44. The summed E-state index contributed by atoms with van der Waals surface area (Å²) in [7, 11) is 1.62. The Balaban J connectivity index is 2.02. The Kier molecular flexibility index (Phi) is 5.07. The fourth-order valence-corrected chi connectivity index (χ4v) is 2.98. The summed E-state index contributed by atoms with van der Waals surface area (Å²) in [6.07, 6.45) is 2.49. The highest BCUT2D eigenvalue weighted by molar-refractivity contribution is 6.03. The molecule has 1 heterocycles. The van der Waals surface area contributed by atoms with Crippen molar-refractivity contribution in [2.24, 2.45) is 0 Å². The molecule has 0 saturated carbocycles. The number of benzene rings is 2. The van der Waals surface area contributed by atoms with Gasteiger partial charge in [0.25, 0.3) is 5.91 Å². The van der Waals surface area contributed by atoms with Crippen molar-refractivity contribution in [3.8, 4) is 5.75 Å². The predicted octanol–water partition coefficient (Wildman–Crippen LogP) is 3.33. The van der Waals surface area contributed by atoms with Crippen molar-refractivity contribution < 1.29 is 14.3 Å². The molecule has 0 aliphatic heterocycles. The number of fused-ring (bicyclic) bond motifs is 1. The quantitative estimate of drug-likeness (QED) is 0.768. The molecule has 2 aromatic carbocycles. The largest absolute Gasteiger partial charge is 0.497 e. The van der Waals surface area contributed by atoms with Crippen LogP contribution in [-0.2, 0) is 11.2 Å². The average Bonchev–Trinajstić information content (AvgIpc) is 2.99. The van der Waals surface area contributed by atoms with Gasteiger partial charge < -0.3 is 10.1 Å². The van der Waals surface area contributed by atoms with Crippen LogP contribution < -0.4 is 10.1 Å². The number of nitrogens with one attached hydrogen (secondary N) is 1. The van der Waals surface area contributed by atoms with Crippen molar-refractivity contribution in [1.82, 2.24) is 9.88 Å². The van der Waals surface area contributed by atoms with Gasteiger partial charge >= 0.3 is 0 Å². The lowest BCUT2D eigenvalue weighted by atomic mass is 10.1. The molecule has 26 heavy (non-hydrogen) atoms. The normalized spacial score (nSPS) is 10.7. The first-order valence-corrected chi connectivity index (χ1v) is 8.53. The van der Waals surface area contributed by atoms with Crippen LogP contribution in [0.2, 0.25) is 0 Å². The Bertz CT molecular complexity index is 955. The molecule has 0 fully saturated rings. The van der Waals surface area contributed by atoms with Gasteiger partial charge in [0, 0.05) is 30.6 Å². The minimum Gasteiger partial charge on any atom is -0.497 e. The molecule has 3 aromatic rings. The van der Waals surface area contributed by atoms with Gasteiger partial charge in [-0.1, -0.05) is 17.7 Å². The number of amides is 1. The Morgan fingerprint density at radius 1 is 1.12 bits per heavy atom. The lowest BCUT2D eigenvalue weighted by Gasteiger charge is -2.05. The molecular weight excluding hydrogens is 328 g/mol. The summed E-state index contributed by atoms with van der Waals surface area (Å²) in [6.45, 7) is 4.00. The summed E-state index contributed by atoms with van der Waals surface area (Å²) in [6, 6.07) is 13.2. The summed E-state index contributed by atoms with van der Waals surface area (Å²) < 4.78 is 6.99. The summed E-state index contributed by atoms with van der Waals surface area (Å²) >= 11 is 0. The number of rotatable bonds is 5. The molecule has 1 amide bonds. The Hall–Kier alpha value is -3.08. The maximum atomic E-state index is 13.0. The van der Waals surface area contributed by atoms with Gasteiger partial charge in [-0.25, -0.2) is 0 Å². The van der Waals surface area contributed by atoms with Gasteiger partial charge in [-0.2, -0.15) is 0 Å². The van der Waals surface area contributed by atoms with Crippen LogP contribution in [0.1, 0.15) is 28.4 Å². The second-order valence-corrected chi connectivity index (χ2v) is 6.31. The monoisotopic (exact) mass is 350 g/mol. The van der Waals surface area contributed by atoms with Crippen molar-refractivity contribution >= 4 is 22.7 Å². The standard InChI is InChI=1S/C21H22N2O3/c1-14-4-6-16(7-5-14)21(25)23-13-17(10-11-22-15(2)24)19-12-18(26-3)8-9-20(19)23/h4-9,12-13H,10-11H2,1-3H3,(H,22,24). The maximum absolute atomic E-state index is 13.0. The van der Waals surface area contributed by atoms with Crippen LogP contribution in [0.25, 0.3) is 10.9 Å². The van der Waals surface area contributed by atoms with Gasteiger partial charge in [0.2, 0.25) is 5.91 Å². The van der Waals surface area contributed by atoms with Crippen molar-refractivity contribution in [2.75, 3.05) is 13.7 Å². The molecule has 5 heteroatoms. The number of methoxy groups -OCH3 is 1. The molecule has 0 unspecified atom stereocenters. The Morgan fingerprint density at radius 3 is 2.50 bits per heavy atom. The van der Waals surface area contributed by atoms with Crippen LogP contribution in [0.3, 0.4) is 0 Å². The minimum atomic E-state index is -0.0778. The van der Waals surface area contributed by atoms with Gasteiger partial charge in [0.05, 0.1) is 12.6 Å². The lowest BCUT2D eigenvalue weighted by Crippen LogP contribution is -2.22. The first kappa shape index (κ1) is 17.7. The van der Waals surface area contributed by atoms with Crippen LogP contribution in [0.4, 0.5) is 0 Å². The Labute approximate surface area is 152 Å². The first-order valence-electron chi connectivity index (χ1n) is 8.53. The van der Waals surface area contributed by atoms with E-state index in [2.05, 4.69) is 5.32 Å². The third-order valence-corrected chi connectivity index (χ3v) is 4.38. The molecule has 1 N–H and O–H groups in total. The van der Waals surface area contributed by atoms with E-state index < -0.39 is 0 Å². The molecule has 0 saturated heterocycles. The minimum absolute atomic E-state index is 0.0675. The van der Waals surface area contributed by atoms with Crippen molar-refractivity contribution in [3.63, 3.8) is 0 Å². The van der Waals surface area contributed by atoms with Gasteiger partial charge in [-0.05, 0) is 49.2 Å². The number of ether oxygens (including phenoxy) is 1. The highest BCUT2D eigenvalue weighted by Crippen LogP contribution is 2.27. The zero-order valence-electron chi connectivity index (χ0n) is 15.2.